The van der Waals surface area contributed by atoms with Gasteiger partial charge in [-0.3, -0.25) is 0 Å². The van der Waals surface area contributed by atoms with E-state index in [4.69, 9.17) is 15.2 Å². The van der Waals surface area contributed by atoms with Crippen molar-refractivity contribution in [3.05, 3.63) is 23.8 Å². The third kappa shape index (κ3) is 2.46. The summed E-state index contributed by atoms with van der Waals surface area (Å²) in [7, 11) is 0. The molecule has 1 aromatic carbocycles. The van der Waals surface area contributed by atoms with Gasteiger partial charge in [0, 0.05) is 19.1 Å². The third-order valence-electron chi connectivity index (χ3n) is 2.66. The van der Waals surface area contributed by atoms with Gasteiger partial charge in [-0.05, 0) is 24.6 Å². The van der Waals surface area contributed by atoms with Crippen LogP contribution in [0.1, 0.15) is 18.5 Å². The molecule has 3 N–H and O–H groups in total. The van der Waals surface area contributed by atoms with E-state index in [0.29, 0.717) is 19.8 Å². The molecule has 0 saturated carbocycles. The Balaban J connectivity index is 2.10. The molecule has 0 spiro atoms. The lowest BCUT2D eigenvalue weighted by molar-refractivity contribution is 0.171. The number of fused-ring (bicyclic) bond motifs is 1. The first-order chi connectivity index (χ1) is 7.81. The highest BCUT2D eigenvalue weighted by atomic mass is 16.6. The molecule has 0 radical (unpaired) electrons. The van der Waals surface area contributed by atoms with Gasteiger partial charge in [-0.1, -0.05) is 6.07 Å². The van der Waals surface area contributed by atoms with Gasteiger partial charge in [0.2, 0.25) is 0 Å². The molecule has 0 amide bonds. The number of nitrogens with two attached hydrogens (primary N) is 1. The predicted molar refractivity (Wildman–Crippen MR) is 62.9 cm³/mol. The molecule has 1 aromatic rings. The lowest BCUT2D eigenvalue weighted by Gasteiger charge is -2.21. The van der Waals surface area contributed by atoms with Crippen molar-refractivity contribution >= 4 is 0 Å². The summed E-state index contributed by atoms with van der Waals surface area (Å²) in [6.45, 7) is 4.83. The van der Waals surface area contributed by atoms with Gasteiger partial charge in [-0.2, -0.15) is 0 Å². The number of hydrogen-bond donors (Lipinski definition) is 2. The lowest BCUT2D eigenvalue weighted by atomic mass is 10.1. The Morgan fingerprint density at radius 3 is 2.81 bits per heavy atom. The standard InChI is InChI=1S/C12H18N2O2/c1-9(14-5-4-13)10-2-3-11-12(8-10)16-7-6-15-11/h2-3,8-9,14H,4-7,13H2,1H3. The van der Waals surface area contributed by atoms with Gasteiger partial charge in [0.25, 0.3) is 0 Å². The molecule has 0 aromatic heterocycles. The van der Waals surface area contributed by atoms with Gasteiger partial charge in [0.1, 0.15) is 13.2 Å². The summed E-state index contributed by atoms with van der Waals surface area (Å²) >= 11 is 0. The smallest absolute Gasteiger partial charge is 0.161 e. The molecule has 1 heterocycles. The van der Waals surface area contributed by atoms with Crippen LogP contribution < -0.4 is 20.5 Å². The molecule has 0 fully saturated rings. The van der Waals surface area contributed by atoms with Crippen molar-refractivity contribution in [2.24, 2.45) is 5.73 Å². The zero-order valence-electron chi connectivity index (χ0n) is 9.53. The molecule has 1 unspecified atom stereocenters. The van der Waals surface area contributed by atoms with Crippen molar-refractivity contribution in [3.63, 3.8) is 0 Å². The minimum Gasteiger partial charge on any atom is -0.486 e. The van der Waals surface area contributed by atoms with Crippen molar-refractivity contribution in [3.8, 4) is 11.5 Å². The molecule has 1 atom stereocenters. The highest BCUT2D eigenvalue weighted by Gasteiger charge is 2.13. The van der Waals surface area contributed by atoms with Crippen LogP contribution in [0.2, 0.25) is 0 Å². The van der Waals surface area contributed by atoms with E-state index in [1.165, 1.54) is 5.56 Å². The molecule has 1 aliphatic heterocycles. The van der Waals surface area contributed by atoms with Gasteiger partial charge in [0.05, 0.1) is 0 Å². The summed E-state index contributed by atoms with van der Waals surface area (Å²) in [6.07, 6.45) is 0. The van der Waals surface area contributed by atoms with E-state index >= 15 is 0 Å². The molecule has 4 heteroatoms. The van der Waals surface area contributed by atoms with E-state index in [2.05, 4.69) is 18.3 Å². The van der Waals surface area contributed by atoms with Crippen LogP contribution in [0.15, 0.2) is 18.2 Å². The van der Waals surface area contributed by atoms with E-state index < -0.39 is 0 Å². The summed E-state index contributed by atoms with van der Waals surface area (Å²) in [5, 5.41) is 3.33. The van der Waals surface area contributed by atoms with Crippen molar-refractivity contribution in [2.75, 3.05) is 26.3 Å². The molecule has 4 nitrogen and oxygen atoms in total. The zero-order chi connectivity index (χ0) is 11.4. The molecule has 16 heavy (non-hydrogen) atoms. The van der Waals surface area contributed by atoms with Crippen LogP contribution in [0.4, 0.5) is 0 Å². The Kier molecular flexibility index (Phi) is 3.64. The van der Waals surface area contributed by atoms with Crippen molar-refractivity contribution in [2.45, 2.75) is 13.0 Å². The number of nitrogens with one attached hydrogen (secondary N) is 1. The fraction of sp³-hybridized carbons (Fsp3) is 0.500. The number of hydrogen-bond acceptors (Lipinski definition) is 4. The summed E-state index contributed by atoms with van der Waals surface area (Å²) in [4.78, 5) is 0. The highest BCUT2D eigenvalue weighted by Crippen LogP contribution is 2.32. The number of benzene rings is 1. The molecule has 0 bridgehead atoms. The highest BCUT2D eigenvalue weighted by molar-refractivity contribution is 5.44. The topological polar surface area (TPSA) is 56.5 Å². The Morgan fingerprint density at radius 2 is 2.06 bits per heavy atom. The lowest BCUT2D eigenvalue weighted by Crippen LogP contribution is -2.25. The molecule has 0 saturated heterocycles. The van der Waals surface area contributed by atoms with Gasteiger partial charge < -0.3 is 20.5 Å². The zero-order valence-corrected chi connectivity index (χ0v) is 9.53. The molecule has 0 aliphatic carbocycles. The van der Waals surface area contributed by atoms with Gasteiger partial charge >= 0.3 is 0 Å². The normalized spacial score (nSPS) is 15.9. The van der Waals surface area contributed by atoms with Gasteiger partial charge in [-0.15, -0.1) is 0 Å². The number of rotatable bonds is 4. The Labute approximate surface area is 95.7 Å². The van der Waals surface area contributed by atoms with Crippen LogP contribution >= 0.6 is 0 Å². The summed E-state index contributed by atoms with van der Waals surface area (Å²) in [5.74, 6) is 1.67. The molecular weight excluding hydrogens is 204 g/mol. The van der Waals surface area contributed by atoms with Crippen LogP contribution in [0.5, 0.6) is 11.5 Å². The first-order valence-electron chi connectivity index (χ1n) is 5.64. The molecule has 2 rings (SSSR count). The summed E-state index contributed by atoms with van der Waals surface area (Å²) in [5.41, 5.74) is 6.65. The second-order valence-electron chi connectivity index (χ2n) is 3.87. The maximum Gasteiger partial charge on any atom is 0.161 e. The molecule has 1 aliphatic rings. The molecular formula is C12H18N2O2. The van der Waals surface area contributed by atoms with Gasteiger partial charge in [0.15, 0.2) is 11.5 Å². The van der Waals surface area contributed by atoms with E-state index in [9.17, 15) is 0 Å². The van der Waals surface area contributed by atoms with Crippen molar-refractivity contribution in [1.29, 1.82) is 0 Å². The van der Waals surface area contributed by atoms with Crippen LogP contribution in [0.3, 0.4) is 0 Å². The summed E-state index contributed by atoms with van der Waals surface area (Å²) < 4.78 is 11.0. The SMILES string of the molecule is CC(NCCN)c1ccc2c(c1)OCCO2. The monoisotopic (exact) mass is 222 g/mol. The van der Waals surface area contributed by atoms with Crippen molar-refractivity contribution in [1.82, 2.24) is 5.32 Å². The van der Waals surface area contributed by atoms with E-state index in [-0.39, 0.29) is 6.04 Å². The van der Waals surface area contributed by atoms with E-state index in [1.807, 2.05) is 12.1 Å². The third-order valence-corrected chi connectivity index (χ3v) is 2.66. The average molecular weight is 222 g/mol. The van der Waals surface area contributed by atoms with E-state index in [1.54, 1.807) is 0 Å². The quantitative estimate of drug-likeness (QED) is 0.800. The Morgan fingerprint density at radius 1 is 1.31 bits per heavy atom. The van der Waals surface area contributed by atoms with Crippen molar-refractivity contribution < 1.29 is 9.47 Å². The summed E-state index contributed by atoms with van der Waals surface area (Å²) in [6, 6.07) is 6.33. The maximum atomic E-state index is 5.54. The minimum absolute atomic E-state index is 0.277. The fourth-order valence-electron chi connectivity index (χ4n) is 1.75. The largest absolute Gasteiger partial charge is 0.486 e. The average Bonchev–Trinajstić information content (AvgIpc) is 2.35. The van der Waals surface area contributed by atoms with Crippen LogP contribution in [0.25, 0.3) is 0 Å². The van der Waals surface area contributed by atoms with Gasteiger partial charge in [-0.25, -0.2) is 0 Å². The second kappa shape index (κ2) is 5.18. The Hall–Kier alpha value is -1.26. The fourth-order valence-corrected chi connectivity index (χ4v) is 1.75. The van der Waals surface area contributed by atoms with Crippen LogP contribution in [-0.4, -0.2) is 26.3 Å². The molecule has 88 valence electrons. The van der Waals surface area contributed by atoms with Crippen LogP contribution in [-0.2, 0) is 0 Å². The van der Waals surface area contributed by atoms with E-state index in [0.717, 1.165) is 18.0 Å². The maximum absolute atomic E-state index is 5.54. The first kappa shape index (κ1) is 11.2. The second-order valence-corrected chi connectivity index (χ2v) is 3.87. The Bertz CT molecular complexity index is 355. The predicted octanol–water partition coefficient (Wildman–Crippen LogP) is 1.07. The number of ether oxygens (including phenoxy) is 2. The first-order valence-corrected chi connectivity index (χ1v) is 5.64. The minimum atomic E-state index is 0.277. The van der Waals surface area contributed by atoms with Crippen LogP contribution in [0, 0.1) is 0 Å².